The number of rotatable bonds is 5. The maximum Gasteiger partial charge on any atom is 0.308 e. The van der Waals surface area contributed by atoms with Gasteiger partial charge in [0.1, 0.15) is 0 Å². The molecule has 5 rings (SSSR count). The summed E-state index contributed by atoms with van der Waals surface area (Å²) < 4.78 is 0. The van der Waals surface area contributed by atoms with Crippen molar-refractivity contribution in [2.75, 3.05) is 13.1 Å². The van der Waals surface area contributed by atoms with Gasteiger partial charge in [0.25, 0.3) is 0 Å². The van der Waals surface area contributed by atoms with Crippen molar-refractivity contribution in [3.05, 3.63) is 0 Å². The normalized spacial score (nSPS) is 40.7. The van der Waals surface area contributed by atoms with Gasteiger partial charge in [-0.3, -0.25) is 14.4 Å². The summed E-state index contributed by atoms with van der Waals surface area (Å²) in [5, 5.41) is 12.0. The van der Waals surface area contributed by atoms with Crippen molar-refractivity contribution < 1.29 is 19.5 Å². The number of amides is 2. The molecule has 2 amide bonds. The van der Waals surface area contributed by atoms with Crippen LogP contribution < -0.4 is 5.32 Å². The number of hydrogen-bond acceptors (Lipinski definition) is 3. The minimum atomic E-state index is -0.848. The molecule has 0 aromatic rings. The second-order valence-corrected chi connectivity index (χ2v) is 9.43. The summed E-state index contributed by atoms with van der Waals surface area (Å²) >= 11 is 0. The maximum atomic E-state index is 12.5. The second-order valence-electron chi connectivity index (χ2n) is 9.43. The van der Waals surface area contributed by atoms with E-state index in [1.54, 1.807) is 11.8 Å². The van der Waals surface area contributed by atoms with E-state index < -0.39 is 11.9 Å². The SMILES string of the molecule is CC1C(C(=O)O)CCN1C(=O)CNC(=O)CC12CC3CC(CC(C3)C1)C2. The first-order valence-electron chi connectivity index (χ1n) is 10.1. The van der Waals surface area contributed by atoms with E-state index in [2.05, 4.69) is 5.32 Å². The average Bonchev–Trinajstić information content (AvgIpc) is 2.92. The van der Waals surface area contributed by atoms with E-state index >= 15 is 0 Å². The van der Waals surface area contributed by atoms with Crippen LogP contribution in [0.25, 0.3) is 0 Å². The molecule has 0 aromatic heterocycles. The zero-order valence-electron chi connectivity index (χ0n) is 15.6. The first kappa shape index (κ1) is 17.8. The molecule has 1 heterocycles. The summed E-state index contributed by atoms with van der Waals surface area (Å²) in [7, 11) is 0. The molecule has 1 saturated heterocycles. The molecule has 2 atom stereocenters. The lowest BCUT2D eigenvalue weighted by molar-refractivity contribution is -0.143. The lowest BCUT2D eigenvalue weighted by Crippen LogP contribution is -2.49. The lowest BCUT2D eigenvalue weighted by atomic mass is 9.49. The zero-order chi connectivity index (χ0) is 18.5. The lowest BCUT2D eigenvalue weighted by Gasteiger charge is -2.56. The second kappa shape index (κ2) is 6.54. The highest BCUT2D eigenvalue weighted by molar-refractivity contribution is 5.86. The Balaban J connectivity index is 1.28. The number of carbonyl (C=O) groups excluding carboxylic acids is 2. The highest BCUT2D eigenvalue weighted by atomic mass is 16.4. The van der Waals surface area contributed by atoms with Crippen molar-refractivity contribution in [2.45, 2.75) is 64.3 Å². The van der Waals surface area contributed by atoms with Crippen LogP contribution in [0, 0.1) is 29.1 Å². The molecule has 4 aliphatic carbocycles. The molecule has 144 valence electrons. The molecule has 26 heavy (non-hydrogen) atoms. The molecule has 6 nitrogen and oxygen atoms in total. The molecule has 4 saturated carbocycles. The Hall–Kier alpha value is -1.59. The molecule has 0 radical (unpaired) electrons. The van der Waals surface area contributed by atoms with Gasteiger partial charge in [0, 0.05) is 19.0 Å². The smallest absolute Gasteiger partial charge is 0.308 e. The number of nitrogens with zero attached hydrogens (tertiary/aromatic N) is 1. The van der Waals surface area contributed by atoms with Crippen molar-refractivity contribution in [1.29, 1.82) is 0 Å². The van der Waals surface area contributed by atoms with Gasteiger partial charge in [0.2, 0.25) is 11.8 Å². The molecule has 0 aromatic carbocycles. The quantitative estimate of drug-likeness (QED) is 0.783. The van der Waals surface area contributed by atoms with E-state index in [0.29, 0.717) is 19.4 Å². The highest BCUT2D eigenvalue weighted by Gasteiger charge is 2.51. The van der Waals surface area contributed by atoms with E-state index in [1.165, 1.54) is 38.5 Å². The Kier molecular flexibility index (Phi) is 4.48. The van der Waals surface area contributed by atoms with Crippen LogP contribution in [-0.2, 0) is 14.4 Å². The number of hydrogen-bond donors (Lipinski definition) is 2. The first-order chi connectivity index (χ1) is 12.3. The number of nitrogens with one attached hydrogen (secondary N) is 1. The van der Waals surface area contributed by atoms with Crippen molar-refractivity contribution in [3.8, 4) is 0 Å². The Morgan fingerprint density at radius 1 is 1.08 bits per heavy atom. The largest absolute Gasteiger partial charge is 0.481 e. The van der Waals surface area contributed by atoms with Crippen molar-refractivity contribution in [3.63, 3.8) is 0 Å². The van der Waals surface area contributed by atoms with Gasteiger partial charge < -0.3 is 15.3 Å². The van der Waals surface area contributed by atoms with E-state index in [4.69, 9.17) is 0 Å². The van der Waals surface area contributed by atoms with Gasteiger partial charge in [0.15, 0.2) is 0 Å². The minimum Gasteiger partial charge on any atom is -0.481 e. The maximum absolute atomic E-state index is 12.5. The van der Waals surface area contributed by atoms with Crippen molar-refractivity contribution in [1.82, 2.24) is 10.2 Å². The third kappa shape index (κ3) is 3.23. The molecule has 2 N–H and O–H groups in total. The van der Waals surface area contributed by atoms with E-state index in [9.17, 15) is 19.5 Å². The first-order valence-corrected chi connectivity index (χ1v) is 10.1. The monoisotopic (exact) mass is 362 g/mol. The Labute approximate surface area is 154 Å². The minimum absolute atomic E-state index is 0.0120. The van der Waals surface area contributed by atoms with Crippen LogP contribution in [0.1, 0.15) is 58.3 Å². The average molecular weight is 362 g/mol. The standard InChI is InChI=1S/C20H30N2O4/c1-12-16(19(25)26)2-3-22(12)18(24)11-21-17(23)10-20-7-13-4-14(8-20)6-15(5-13)9-20/h12-16H,2-11H2,1H3,(H,21,23)(H,25,26). The zero-order valence-corrected chi connectivity index (χ0v) is 15.6. The summed E-state index contributed by atoms with van der Waals surface area (Å²) in [4.78, 5) is 37.7. The van der Waals surface area contributed by atoms with Gasteiger partial charge in [-0.05, 0) is 75.0 Å². The Morgan fingerprint density at radius 3 is 2.15 bits per heavy atom. The molecular formula is C20H30N2O4. The number of carboxylic acids is 1. The van der Waals surface area contributed by atoms with Gasteiger partial charge >= 0.3 is 5.97 Å². The van der Waals surface area contributed by atoms with Crippen LogP contribution in [0.15, 0.2) is 0 Å². The van der Waals surface area contributed by atoms with Gasteiger partial charge in [0.05, 0.1) is 12.5 Å². The van der Waals surface area contributed by atoms with E-state index in [-0.39, 0.29) is 29.8 Å². The third-order valence-electron chi connectivity index (χ3n) is 7.53. The Bertz CT molecular complexity index is 582. The molecule has 5 aliphatic rings. The van der Waals surface area contributed by atoms with Crippen LogP contribution in [0.5, 0.6) is 0 Å². The fraction of sp³-hybridized carbons (Fsp3) is 0.850. The van der Waals surface area contributed by atoms with Gasteiger partial charge in [-0.25, -0.2) is 0 Å². The third-order valence-corrected chi connectivity index (χ3v) is 7.53. The summed E-state index contributed by atoms with van der Waals surface area (Å²) in [6, 6.07) is -0.306. The fourth-order valence-corrected chi connectivity index (χ4v) is 6.81. The van der Waals surface area contributed by atoms with Crippen LogP contribution in [-0.4, -0.2) is 46.9 Å². The molecule has 6 heteroatoms. The molecule has 2 unspecified atom stereocenters. The summed E-state index contributed by atoms with van der Waals surface area (Å²) in [6.45, 7) is 2.23. The predicted molar refractivity (Wildman–Crippen MR) is 95.1 cm³/mol. The molecule has 1 aliphatic heterocycles. The molecule has 0 spiro atoms. The summed E-state index contributed by atoms with van der Waals surface area (Å²) in [5.74, 6) is 0.916. The topological polar surface area (TPSA) is 86.7 Å². The van der Waals surface area contributed by atoms with Crippen molar-refractivity contribution >= 4 is 17.8 Å². The Morgan fingerprint density at radius 2 is 1.65 bits per heavy atom. The van der Waals surface area contributed by atoms with Crippen LogP contribution >= 0.6 is 0 Å². The van der Waals surface area contributed by atoms with Gasteiger partial charge in [-0.15, -0.1) is 0 Å². The van der Waals surface area contributed by atoms with E-state index in [0.717, 1.165) is 17.8 Å². The van der Waals surface area contributed by atoms with Crippen molar-refractivity contribution in [2.24, 2.45) is 29.1 Å². The number of carboxylic acid groups (broad SMARTS) is 1. The van der Waals surface area contributed by atoms with Crippen LogP contribution in [0.2, 0.25) is 0 Å². The number of aliphatic carboxylic acids is 1. The highest BCUT2D eigenvalue weighted by Crippen LogP contribution is 2.61. The summed E-state index contributed by atoms with van der Waals surface area (Å²) in [6.07, 6.45) is 8.67. The van der Waals surface area contributed by atoms with Gasteiger partial charge in [-0.1, -0.05) is 0 Å². The van der Waals surface area contributed by atoms with Crippen LogP contribution in [0.3, 0.4) is 0 Å². The molecular weight excluding hydrogens is 332 g/mol. The molecule has 4 bridgehead atoms. The van der Waals surface area contributed by atoms with Crippen LogP contribution in [0.4, 0.5) is 0 Å². The predicted octanol–water partition coefficient (Wildman–Crippen LogP) is 2.03. The van der Waals surface area contributed by atoms with Gasteiger partial charge in [-0.2, -0.15) is 0 Å². The van der Waals surface area contributed by atoms with E-state index in [1.807, 2.05) is 0 Å². The number of carbonyl (C=O) groups is 3. The fourth-order valence-electron chi connectivity index (χ4n) is 6.81. The number of likely N-dealkylation sites (tertiary alicyclic amines) is 1. The molecule has 5 fully saturated rings. The summed E-state index contributed by atoms with van der Waals surface area (Å²) in [5.41, 5.74) is 0.178.